The van der Waals surface area contributed by atoms with Gasteiger partial charge >= 0.3 is 0 Å². The Morgan fingerprint density at radius 3 is 2.67 bits per heavy atom. The first-order valence-corrected chi connectivity index (χ1v) is 6.71. The molecule has 1 aromatic carbocycles. The summed E-state index contributed by atoms with van der Waals surface area (Å²) in [6.45, 7) is 3.92. The average Bonchev–Trinajstić information content (AvgIpc) is 2.38. The van der Waals surface area contributed by atoms with Gasteiger partial charge in [0.1, 0.15) is 0 Å². The quantitative estimate of drug-likeness (QED) is 0.892. The molecule has 1 fully saturated rings. The maximum absolute atomic E-state index is 12.4. The van der Waals surface area contributed by atoms with Gasteiger partial charge in [-0.05, 0) is 50.6 Å². The molecule has 1 heterocycles. The smallest absolute Gasteiger partial charge is 0.255 e. The van der Waals surface area contributed by atoms with E-state index in [-0.39, 0.29) is 5.91 Å². The summed E-state index contributed by atoms with van der Waals surface area (Å²) in [6.07, 6.45) is 2.01. The Morgan fingerprint density at radius 2 is 2.06 bits per heavy atom. The van der Waals surface area contributed by atoms with Crippen LogP contribution in [0, 0.1) is 6.92 Å². The average molecular weight is 267 g/mol. The minimum absolute atomic E-state index is 0.0203. The molecule has 4 heteroatoms. The fourth-order valence-corrected chi connectivity index (χ4v) is 2.66. The third-order valence-electron chi connectivity index (χ3n) is 3.53. The maximum atomic E-state index is 12.4. The number of hydrogen-bond acceptors (Lipinski definition) is 2. The Morgan fingerprint density at radius 1 is 1.39 bits per heavy atom. The van der Waals surface area contributed by atoms with E-state index in [9.17, 15) is 4.79 Å². The largest absolute Gasteiger partial charge is 0.339 e. The van der Waals surface area contributed by atoms with Gasteiger partial charge in [-0.25, -0.2) is 0 Å². The lowest BCUT2D eigenvalue weighted by Gasteiger charge is -2.31. The van der Waals surface area contributed by atoms with Crippen molar-refractivity contribution in [1.82, 2.24) is 10.2 Å². The first-order valence-electron chi connectivity index (χ1n) is 6.33. The Kier molecular flexibility index (Phi) is 4.25. The number of carbonyl (C=O) groups excluding carboxylic acids is 1. The third-order valence-corrected chi connectivity index (χ3v) is 3.84. The van der Waals surface area contributed by atoms with E-state index >= 15 is 0 Å². The molecule has 18 heavy (non-hydrogen) atoms. The molecule has 0 aromatic heterocycles. The van der Waals surface area contributed by atoms with E-state index in [1.54, 1.807) is 0 Å². The SMILES string of the molecule is Cc1ccc(C(=O)N(C)C2CCNCC2)c(Cl)c1. The summed E-state index contributed by atoms with van der Waals surface area (Å²) in [7, 11) is 1.87. The highest BCUT2D eigenvalue weighted by atomic mass is 35.5. The molecule has 1 saturated heterocycles. The Labute approximate surface area is 113 Å². The minimum Gasteiger partial charge on any atom is -0.339 e. The molecule has 0 unspecified atom stereocenters. The molecule has 1 aromatic rings. The second-order valence-corrected chi connectivity index (χ2v) is 5.29. The molecule has 0 spiro atoms. The normalized spacial score (nSPS) is 16.6. The van der Waals surface area contributed by atoms with Crippen LogP contribution in [-0.2, 0) is 0 Å². The van der Waals surface area contributed by atoms with Gasteiger partial charge in [0.05, 0.1) is 10.6 Å². The fraction of sp³-hybridized carbons (Fsp3) is 0.500. The number of nitrogens with one attached hydrogen (secondary N) is 1. The molecule has 0 atom stereocenters. The molecule has 3 nitrogen and oxygen atoms in total. The number of nitrogens with zero attached hydrogens (tertiary/aromatic N) is 1. The highest BCUT2D eigenvalue weighted by molar-refractivity contribution is 6.33. The van der Waals surface area contributed by atoms with E-state index < -0.39 is 0 Å². The van der Waals surface area contributed by atoms with Crippen molar-refractivity contribution >= 4 is 17.5 Å². The van der Waals surface area contributed by atoms with Crippen LogP contribution < -0.4 is 5.32 Å². The predicted molar refractivity (Wildman–Crippen MR) is 74.2 cm³/mol. The van der Waals surface area contributed by atoms with Crippen LogP contribution in [0.25, 0.3) is 0 Å². The molecule has 1 amide bonds. The molecule has 2 rings (SSSR count). The molecular formula is C14H19ClN2O. The third kappa shape index (κ3) is 2.85. The van der Waals surface area contributed by atoms with Crippen LogP contribution in [0.1, 0.15) is 28.8 Å². The van der Waals surface area contributed by atoms with Crippen LogP contribution in [-0.4, -0.2) is 37.0 Å². The molecule has 0 saturated carbocycles. The van der Waals surface area contributed by atoms with Crippen LogP contribution in [0.5, 0.6) is 0 Å². The molecular weight excluding hydrogens is 248 g/mol. The first kappa shape index (κ1) is 13.4. The van der Waals surface area contributed by atoms with Gasteiger partial charge in [-0.3, -0.25) is 4.79 Å². The van der Waals surface area contributed by atoms with Crippen molar-refractivity contribution in [3.63, 3.8) is 0 Å². The second-order valence-electron chi connectivity index (χ2n) is 4.88. The number of aryl methyl sites for hydroxylation is 1. The van der Waals surface area contributed by atoms with Gasteiger partial charge in [-0.15, -0.1) is 0 Å². The molecule has 0 aliphatic carbocycles. The molecule has 1 N–H and O–H groups in total. The molecule has 98 valence electrons. The zero-order chi connectivity index (χ0) is 13.1. The van der Waals surface area contributed by atoms with Crippen LogP contribution in [0.2, 0.25) is 5.02 Å². The number of halogens is 1. The van der Waals surface area contributed by atoms with Crippen molar-refractivity contribution in [2.75, 3.05) is 20.1 Å². The van der Waals surface area contributed by atoms with Gasteiger partial charge in [0.25, 0.3) is 5.91 Å². The number of hydrogen-bond donors (Lipinski definition) is 1. The van der Waals surface area contributed by atoms with Crippen LogP contribution >= 0.6 is 11.6 Å². The number of amides is 1. The molecule has 1 aliphatic rings. The topological polar surface area (TPSA) is 32.3 Å². The maximum Gasteiger partial charge on any atom is 0.255 e. The van der Waals surface area contributed by atoms with E-state index in [4.69, 9.17) is 11.6 Å². The van der Waals surface area contributed by atoms with Gasteiger partial charge in [-0.2, -0.15) is 0 Å². The summed E-state index contributed by atoms with van der Waals surface area (Å²) in [6, 6.07) is 5.90. The van der Waals surface area contributed by atoms with Crippen LogP contribution in [0.4, 0.5) is 0 Å². The van der Waals surface area contributed by atoms with Crippen molar-refractivity contribution < 1.29 is 4.79 Å². The highest BCUT2D eigenvalue weighted by Crippen LogP contribution is 2.21. The summed E-state index contributed by atoms with van der Waals surface area (Å²) in [5, 5.41) is 3.85. The van der Waals surface area contributed by atoms with E-state index in [0.29, 0.717) is 16.6 Å². The van der Waals surface area contributed by atoms with Crippen molar-refractivity contribution in [3.05, 3.63) is 34.3 Å². The minimum atomic E-state index is 0.0203. The summed E-state index contributed by atoms with van der Waals surface area (Å²) in [4.78, 5) is 14.2. The number of rotatable bonds is 2. The van der Waals surface area contributed by atoms with Gasteiger partial charge < -0.3 is 10.2 Å². The fourth-order valence-electron chi connectivity index (χ4n) is 2.34. The van der Waals surface area contributed by atoms with Crippen LogP contribution in [0.3, 0.4) is 0 Å². The van der Waals surface area contributed by atoms with E-state index in [1.165, 1.54) is 0 Å². The van der Waals surface area contributed by atoms with Crippen molar-refractivity contribution in [2.45, 2.75) is 25.8 Å². The zero-order valence-electron chi connectivity index (χ0n) is 10.9. The lowest BCUT2D eigenvalue weighted by molar-refractivity contribution is 0.0703. The van der Waals surface area contributed by atoms with E-state index in [0.717, 1.165) is 31.5 Å². The van der Waals surface area contributed by atoms with E-state index in [1.807, 2.05) is 37.1 Å². The van der Waals surface area contributed by atoms with Crippen molar-refractivity contribution in [3.8, 4) is 0 Å². The van der Waals surface area contributed by atoms with Crippen LogP contribution in [0.15, 0.2) is 18.2 Å². The first-order chi connectivity index (χ1) is 8.59. The highest BCUT2D eigenvalue weighted by Gasteiger charge is 2.23. The number of benzene rings is 1. The van der Waals surface area contributed by atoms with E-state index in [2.05, 4.69) is 5.32 Å². The summed E-state index contributed by atoms with van der Waals surface area (Å²) in [5.74, 6) is 0.0203. The Bertz CT molecular complexity index is 441. The van der Waals surface area contributed by atoms with Gasteiger partial charge in [0.15, 0.2) is 0 Å². The van der Waals surface area contributed by atoms with Crippen molar-refractivity contribution in [2.24, 2.45) is 0 Å². The number of carbonyl (C=O) groups is 1. The standard InChI is InChI=1S/C14H19ClN2O/c1-10-3-4-12(13(15)9-10)14(18)17(2)11-5-7-16-8-6-11/h3-4,9,11,16H,5-8H2,1-2H3. The summed E-state index contributed by atoms with van der Waals surface area (Å²) < 4.78 is 0. The second kappa shape index (κ2) is 5.72. The predicted octanol–water partition coefficient (Wildman–Crippen LogP) is 2.47. The monoisotopic (exact) mass is 266 g/mol. The van der Waals surface area contributed by atoms with Gasteiger partial charge in [0, 0.05) is 13.1 Å². The lowest BCUT2D eigenvalue weighted by Crippen LogP contribution is -2.44. The summed E-state index contributed by atoms with van der Waals surface area (Å²) >= 11 is 6.15. The Balaban J connectivity index is 2.14. The lowest BCUT2D eigenvalue weighted by atomic mass is 10.0. The van der Waals surface area contributed by atoms with Gasteiger partial charge in [0.2, 0.25) is 0 Å². The molecule has 0 bridgehead atoms. The summed E-state index contributed by atoms with van der Waals surface area (Å²) in [5.41, 5.74) is 1.67. The van der Waals surface area contributed by atoms with Crippen molar-refractivity contribution in [1.29, 1.82) is 0 Å². The molecule has 1 aliphatic heterocycles. The van der Waals surface area contributed by atoms with Gasteiger partial charge in [-0.1, -0.05) is 17.7 Å². The zero-order valence-corrected chi connectivity index (χ0v) is 11.6. The number of piperidine rings is 1. The molecule has 0 radical (unpaired) electrons. The Hall–Kier alpha value is -1.06.